The Morgan fingerprint density at radius 1 is 1.27 bits per heavy atom. The molecule has 0 aromatic heterocycles. The van der Waals surface area contributed by atoms with Crippen LogP contribution in [0, 0.1) is 10.1 Å². The normalized spacial score (nSPS) is 12.7. The van der Waals surface area contributed by atoms with E-state index in [2.05, 4.69) is 12.2 Å². The van der Waals surface area contributed by atoms with Gasteiger partial charge < -0.3 is 9.30 Å². The molecule has 0 fully saturated rings. The first-order valence-corrected chi connectivity index (χ1v) is 10.2. The smallest absolute Gasteiger partial charge is 0.416 e. The molecule has 0 saturated heterocycles. The molecule has 0 heterocycles. The van der Waals surface area contributed by atoms with Gasteiger partial charge in [0.1, 0.15) is 11.5 Å². The van der Waals surface area contributed by atoms with Crippen LogP contribution >= 0.6 is 30.9 Å². The van der Waals surface area contributed by atoms with E-state index >= 15 is 0 Å². The van der Waals surface area contributed by atoms with Gasteiger partial charge in [-0.15, -0.1) is 12.2 Å². The van der Waals surface area contributed by atoms with Crippen molar-refractivity contribution >= 4 is 41.8 Å². The van der Waals surface area contributed by atoms with Crippen LogP contribution in [0.15, 0.2) is 30.3 Å². The Kier molecular flexibility index (Phi) is 6.26. The van der Waals surface area contributed by atoms with Gasteiger partial charge in [0, 0.05) is 11.6 Å². The second kappa shape index (κ2) is 7.90. The minimum Gasteiger partial charge on any atom is -0.455 e. The van der Waals surface area contributed by atoms with Crippen molar-refractivity contribution in [1.29, 1.82) is 0 Å². The van der Waals surface area contributed by atoms with Crippen LogP contribution in [0.1, 0.15) is 18.1 Å². The molecule has 0 saturated carbocycles. The van der Waals surface area contributed by atoms with Gasteiger partial charge in [0.25, 0.3) is 5.69 Å². The first-order valence-electron chi connectivity index (χ1n) is 7.13. The number of rotatable bonds is 5. The van der Waals surface area contributed by atoms with Gasteiger partial charge in [0.15, 0.2) is 7.00 Å². The maximum Gasteiger partial charge on any atom is 0.416 e. The van der Waals surface area contributed by atoms with Crippen LogP contribution in [0.2, 0.25) is 5.02 Å². The van der Waals surface area contributed by atoms with E-state index in [9.17, 15) is 27.9 Å². The monoisotopic (exact) mass is 425 g/mol. The first kappa shape index (κ1) is 20.6. The standard InChI is InChI=1S/C15H12ClF3NO4PS/c1-2-8-5-11(20(21)22)14(25(23)26)7-13(8)24-12-4-3-9(6-10(12)16)15(17,18)19/h3-7,25H,2H2,1H3,(H,23,26). The van der Waals surface area contributed by atoms with Crippen LogP contribution in [0.3, 0.4) is 0 Å². The van der Waals surface area contributed by atoms with E-state index in [1.54, 1.807) is 6.92 Å². The van der Waals surface area contributed by atoms with E-state index in [0.717, 1.165) is 18.2 Å². The molecule has 2 rings (SSSR count). The Morgan fingerprint density at radius 3 is 2.38 bits per heavy atom. The van der Waals surface area contributed by atoms with E-state index in [1.165, 1.54) is 12.1 Å². The van der Waals surface area contributed by atoms with E-state index < -0.39 is 23.7 Å². The van der Waals surface area contributed by atoms with E-state index in [-0.39, 0.29) is 27.5 Å². The van der Waals surface area contributed by atoms with Gasteiger partial charge in [0.05, 0.1) is 20.8 Å². The zero-order valence-electron chi connectivity index (χ0n) is 13.1. The Labute approximate surface area is 157 Å². The summed E-state index contributed by atoms with van der Waals surface area (Å²) in [6.07, 6.45) is -4.22. The van der Waals surface area contributed by atoms with Gasteiger partial charge in [0.2, 0.25) is 0 Å². The molecular weight excluding hydrogens is 414 g/mol. The Balaban J connectivity index is 2.51. The fraction of sp³-hybridized carbons (Fsp3) is 0.200. The molecule has 26 heavy (non-hydrogen) atoms. The molecule has 1 unspecified atom stereocenters. The fourth-order valence-electron chi connectivity index (χ4n) is 2.18. The number of nitro benzene ring substituents is 1. The highest BCUT2D eigenvalue weighted by molar-refractivity contribution is 8.43. The van der Waals surface area contributed by atoms with Crippen LogP contribution in [0.4, 0.5) is 18.9 Å². The number of hydrogen-bond acceptors (Lipinski definition) is 4. The molecular formula is C15H12ClF3NO4PS. The molecule has 0 aliphatic heterocycles. The number of ether oxygens (including phenoxy) is 1. The third-order valence-electron chi connectivity index (χ3n) is 3.47. The minimum atomic E-state index is -4.55. The van der Waals surface area contributed by atoms with Crippen molar-refractivity contribution in [2.45, 2.75) is 19.5 Å². The topological polar surface area (TPSA) is 69.4 Å². The third kappa shape index (κ3) is 4.52. The molecule has 5 nitrogen and oxygen atoms in total. The van der Waals surface area contributed by atoms with Gasteiger partial charge in [-0.3, -0.25) is 10.1 Å². The Bertz CT molecular complexity index is 892. The fourth-order valence-corrected chi connectivity index (χ4v) is 3.58. The zero-order chi connectivity index (χ0) is 19.6. The van der Waals surface area contributed by atoms with Crippen LogP contribution < -0.4 is 10.0 Å². The van der Waals surface area contributed by atoms with Crippen LogP contribution in [-0.2, 0) is 17.2 Å². The van der Waals surface area contributed by atoms with Gasteiger partial charge in [-0.05, 0) is 30.7 Å². The van der Waals surface area contributed by atoms with Crippen molar-refractivity contribution in [3.05, 3.63) is 56.6 Å². The highest BCUT2D eigenvalue weighted by Gasteiger charge is 2.31. The molecule has 11 heteroatoms. The number of halogens is 4. The summed E-state index contributed by atoms with van der Waals surface area (Å²) in [6, 6.07) is 4.99. The molecule has 2 aromatic carbocycles. The molecule has 0 amide bonds. The molecule has 0 N–H and O–H groups in total. The number of thiol groups is 1. The van der Waals surface area contributed by atoms with Gasteiger partial charge in [-0.25, -0.2) is 0 Å². The minimum absolute atomic E-state index is 0.0620. The lowest BCUT2D eigenvalue weighted by Crippen LogP contribution is -2.07. The van der Waals surface area contributed by atoms with Crippen LogP contribution in [0.25, 0.3) is 0 Å². The van der Waals surface area contributed by atoms with Crippen molar-refractivity contribution in [2.75, 3.05) is 0 Å². The number of nitro groups is 1. The zero-order valence-corrected chi connectivity index (χ0v) is 15.8. The number of alkyl halides is 3. The molecule has 0 bridgehead atoms. The van der Waals surface area contributed by atoms with Crippen LogP contribution in [-0.4, -0.2) is 4.92 Å². The predicted molar refractivity (Wildman–Crippen MR) is 96.6 cm³/mol. The highest BCUT2D eigenvalue weighted by Crippen LogP contribution is 2.39. The number of aryl methyl sites for hydroxylation is 1. The second-order valence-corrected chi connectivity index (χ2v) is 7.91. The lowest BCUT2D eigenvalue weighted by Gasteiger charge is -2.14. The molecule has 0 aliphatic carbocycles. The lowest BCUT2D eigenvalue weighted by molar-refractivity contribution is -0.383. The summed E-state index contributed by atoms with van der Waals surface area (Å²) in [5, 5.41) is 10.7. The highest BCUT2D eigenvalue weighted by atomic mass is 35.5. The summed E-state index contributed by atoms with van der Waals surface area (Å²) in [5.41, 5.74) is -0.880. The quantitative estimate of drug-likeness (QED) is 0.291. The lowest BCUT2D eigenvalue weighted by atomic mass is 10.1. The van der Waals surface area contributed by atoms with Crippen molar-refractivity contribution in [3.8, 4) is 11.5 Å². The van der Waals surface area contributed by atoms with Crippen molar-refractivity contribution < 1.29 is 27.4 Å². The molecule has 2 aromatic rings. The SMILES string of the molecule is CCc1cc([N+](=O)[O-])c([PH](=O)S)cc1Oc1ccc(C(F)(F)F)cc1Cl. The van der Waals surface area contributed by atoms with E-state index in [1.807, 2.05) is 0 Å². The summed E-state index contributed by atoms with van der Waals surface area (Å²) < 4.78 is 55.4. The predicted octanol–water partition coefficient (Wildman–Crippen LogP) is 5.65. The van der Waals surface area contributed by atoms with Gasteiger partial charge in [-0.1, -0.05) is 18.5 Å². The second-order valence-electron chi connectivity index (χ2n) is 5.14. The molecule has 0 spiro atoms. The maximum atomic E-state index is 12.7. The van der Waals surface area contributed by atoms with Gasteiger partial charge >= 0.3 is 6.18 Å². The number of nitrogens with zero attached hydrogens (tertiary/aromatic N) is 1. The molecule has 140 valence electrons. The summed E-state index contributed by atoms with van der Waals surface area (Å²) in [5.74, 6) is 0.0511. The van der Waals surface area contributed by atoms with Crippen LogP contribution in [0.5, 0.6) is 11.5 Å². The summed E-state index contributed by atoms with van der Waals surface area (Å²) in [6.45, 7) is 1.71. The average Bonchev–Trinajstić information content (AvgIpc) is 2.54. The van der Waals surface area contributed by atoms with Gasteiger partial charge in [-0.2, -0.15) is 13.2 Å². The van der Waals surface area contributed by atoms with Crippen molar-refractivity contribution in [2.24, 2.45) is 0 Å². The first-order chi connectivity index (χ1) is 12.0. The maximum absolute atomic E-state index is 12.7. The van der Waals surface area contributed by atoms with Crippen molar-refractivity contribution in [3.63, 3.8) is 0 Å². The van der Waals surface area contributed by atoms with E-state index in [0.29, 0.717) is 12.0 Å². The van der Waals surface area contributed by atoms with E-state index in [4.69, 9.17) is 16.3 Å². The Morgan fingerprint density at radius 2 is 1.92 bits per heavy atom. The molecule has 0 aliphatic rings. The van der Waals surface area contributed by atoms with Crippen molar-refractivity contribution in [1.82, 2.24) is 0 Å². The number of hydrogen-bond donors (Lipinski definition) is 1. The molecule has 0 radical (unpaired) electrons. The number of benzene rings is 2. The summed E-state index contributed by atoms with van der Waals surface area (Å²) >= 11 is 9.65. The Hall–Kier alpha value is -1.70. The largest absolute Gasteiger partial charge is 0.455 e. The summed E-state index contributed by atoms with van der Waals surface area (Å²) in [4.78, 5) is 10.5. The third-order valence-corrected chi connectivity index (χ3v) is 5.35. The molecule has 1 atom stereocenters. The average molecular weight is 426 g/mol. The summed E-state index contributed by atoms with van der Waals surface area (Å²) in [7, 11) is -2.72.